The van der Waals surface area contributed by atoms with E-state index in [-0.39, 0.29) is 40.1 Å². The molecular formula is C17H11Cl2N5O6. The Labute approximate surface area is 178 Å². The summed E-state index contributed by atoms with van der Waals surface area (Å²) in [5.74, 6) is -0.342. The first-order chi connectivity index (χ1) is 14.2. The second kappa shape index (κ2) is 8.76. The first kappa shape index (κ1) is 21.0. The van der Waals surface area contributed by atoms with Gasteiger partial charge in [-0.1, -0.05) is 23.2 Å². The molecule has 3 rings (SSSR count). The number of aromatic nitrogens is 2. The molecule has 0 spiro atoms. The number of rotatable bonds is 7. The summed E-state index contributed by atoms with van der Waals surface area (Å²) in [6.45, 7) is -0.338. The van der Waals surface area contributed by atoms with Crippen LogP contribution in [-0.2, 0) is 11.3 Å². The maximum Gasteiger partial charge on any atom is 0.307 e. The zero-order valence-electron chi connectivity index (χ0n) is 14.8. The summed E-state index contributed by atoms with van der Waals surface area (Å²) < 4.78 is 6.65. The third-order valence-corrected chi connectivity index (χ3v) is 4.17. The normalized spacial score (nSPS) is 10.5. The molecule has 0 radical (unpaired) electrons. The average Bonchev–Trinajstić information content (AvgIpc) is 3.12. The number of ether oxygens (including phenoxy) is 1. The molecule has 0 unspecified atom stereocenters. The Morgan fingerprint density at radius 3 is 2.47 bits per heavy atom. The number of non-ortho nitro benzene ring substituents is 1. The molecule has 1 amide bonds. The van der Waals surface area contributed by atoms with Crippen LogP contribution in [0.2, 0.25) is 10.0 Å². The fourth-order valence-corrected chi connectivity index (χ4v) is 2.83. The molecule has 0 aliphatic heterocycles. The summed E-state index contributed by atoms with van der Waals surface area (Å²) in [6.07, 6.45) is 2.09. The van der Waals surface area contributed by atoms with Crippen molar-refractivity contribution in [2.75, 3.05) is 5.32 Å². The summed E-state index contributed by atoms with van der Waals surface area (Å²) in [7, 11) is 0. The van der Waals surface area contributed by atoms with Crippen molar-refractivity contribution in [2.24, 2.45) is 0 Å². The standard InChI is InChI=1S/C17H11Cl2N5O6/c18-10-1-2-16(15(19)3-10)30-14-5-11(4-12(6-14)23(26)27)21-17(25)9-22-8-13(7-20-22)24(28)29/h1-8H,9H2,(H,21,25). The van der Waals surface area contributed by atoms with Crippen molar-refractivity contribution >= 4 is 46.2 Å². The van der Waals surface area contributed by atoms with E-state index in [0.29, 0.717) is 5.02 Å². The molecule has 0 saturated carbocycles. The van der Waals surface area contributed by atoms with Crippen LogP contribution in [0, 0.1) is 20.2 Å². The van der Waals surface area contributed by atoms with Crippen LogP contribution in [0.15, 0.2) is 48.8 Å². The Balaban J connectivity index is 1.80. The van der Waals surface area contributed by atoms with Gasteiger partial charge in [-0.2, -0.15) is 5.10 Å². The predicted octanol–water partition coefficient (Wildman–Crippen LogP) is 4.44. The Morgan fingerprint density at radius 2 is 1.83 bits per heavy atom. The van der Waals surface area contributed by atoms with Gasteiger partial charge < -0.3 is 10.1 Å². The van der Waals surface area contributed by atoms with E-state index in [1.165, 1.54) is 24.3 Å². The van der Waals surface area contributed by atoms with E-state index in [9.17, 15) is 25.0 Å². The van der Waals surface area contributed by atoms with Gasteiger partial charge in [0.2, 0.25) is 5.91 Å². The predicted molar refractivity (Wildman–Crippen MR) is 107 cm³/mol. The lowest BCUT2D eigenvalue weighted by Gasteiger charge is -2.10. The van der Waals surface area contributed by atoms with Crippen LogP contribution in [0.1, 0.15) is 0 Å². The van der Waals surface area contributed by atoms with Crippen LogP contribution in [0.3, 0.4) is 0 Å². The number of amides is 1. The smallest absolute Gasteiger partial charge is 0.307 e. The van der Waals surface area contributed by atoms with Crippen LogP contribution >= 0.6 is 23.2 Å². The minimum atomic E-state index is -0.650. The number of hydrogen-bond acceptors (Lipinski definition) is 7. The van der Waals surface area contributed by atoms with Gasteiger partial charge in [0.15, 0.2) is 0 Å². The van der Waals surface area contributed by atoms with Gasteiger partial charge in [0, 0.05) is 17.2 Å². The van der Waals surface area contributed by atoms with Crippen molar-refractivity contribution in [1.82, 2.24) is 9.78 Å². The highest BCUT2D eigenvalue weighted by Gasteiger charge is 2.16. The van der Waals surface area contributed by atoms with Crippen LogP contribution in [0.25, 0.3) is 0 Å². The van der Waals surface area contributed by atoms with Gasteiger partial charge in [0.25, 0.3) is 5.69 Å². The molecular weight excluding hydrogens is 441 g/mol. The Morgan fingerprint density at radius 1 is 1.10 bits per heavy atom. The van der Waals surface area contributed by atoms with E-state index < -0.39 is 15.8 Å². The van der Waals surface area contributed by atoms with Crippen LogP contribution in [0.5, 0.6) is 11.5 Å². The molecule has 1 aromatic heterocycles. The van der Waals surface area contributed by atoms with E-state index in [0.717, 1.165) is 29.2 Å². The third kappa shape index (κ3) is 5.21. The largest absolute Gasteiger partial charge is 0.455 e. The second-order valence-corrected chi connectivity index (χ2v) is 6.69. The molecule has 0 atom stereocenters. The number of halogens is 2. The third-order valence-electron chi connectivity index (χ3n) is 3.64. The van der Waals surface area contributed by atoms with Crippen molar-refractivity contribution in [3.63, 3.8) is 0 Å². The highest BCUT2D eigenvalue weighted by molar-refractivity contribution is 6.35. The minimum Gasteiger partial charge on any atom is -0.455 e. The molecule has 30 heavy (non-hydrogen) atoms. The number of nitro groups is 2. The van der Waals surface area contributed by atoms with E-state index >= 15 is 0 Å². The first-order valence-corrected chi connectivity index (χ1v) is 8.86. The fourth-order valence-electron chi connectivity index (χ4n) is 2.39. The minimum absolute atomic E-state index is 0.0541. The molecule has 2 aromatic carbocycles. The molecule has 0 aliphatic carbocycles. The summed E-state index contributed by atoms with van der Waals surface area (Å²) in [5, 5.41) is 28.7. The van der Waals surface area contributed by atoms with Gasteiger partial charge in [-0.05, 0) is 18.2 Å². The molecule has 11 nitrogen and oxygen atoms in total. The Kier molecular flexibility index (Phi) is 6.14. The summed E-state index contributed by atoms with van der Waals surface area (Å²) >= 11 is 11.9. The molecule has 0 aliphatic rings. The number of hydrogen-bond donors (Lipinski definition) is 1. The fraction of sp³-hybridized carbons (Fsp3) is 0.0588. The molecule has 154 valence electrons. The lowest BCUT2D eigenvalue weighted by molar-refractivity contribution is -0.385. The topological polar surface area (TPSA) is 142 Å². The number of carbonyl (C=O) groups is 1. The van der Waals surface area contributed by atoms with Gasteiger partial charge in [0.1, 0.15) is 30.4 Å². The van der Waals surface area contributed by atoms with Crippen LogP contribution in [-0.4, -0.2) is 25.5 Å². The lowest BCUT2D eigenvalue weighted by Crippen LogP contribution is -2.19. The van der Waals surface area contributed by atoms with E-state index in [2.05, 4.69) is 10.4 Å². The maximum absolute atomic E-state index is 12.2. The van der Waals surface area contributed by atoms with Gasteiger partial charge in [-0.3, -0.25) is 29.7 Å². The molecule has 0 bridgehead atoms. The van der Waals surface area contributed by atoms with E-state index in [1.807, 2.05) is 0 Å². The first-order valence-electron chi connectivity index (χ1n) is 8.10. The Bertz CT molecular complexity index is 1150. The number of anilines is 1. The number of nitro benzene ring substituents is 1. The van der Waals surface area contributed by atoms with Gasteiger partial charge in [-0.25, -0.2) is 0 Å². The average molecular weight is 452 g/mol. The van der Waals surface area contributed by atoms with Gasteiger partial charge in [0.05, 0.1) is 26.6 Å². The number of carbonyl (C=O) groups excluding carboxylic acids is 1. The van der Waals surface area contributed by atoms with E-state index in [4.69, 9.17) is 27.9 Å². The number of benzene rings is 2. The SMILES string of the molecule is O=C(Cn1cc([N+](=O)[O-])cn1)Nc1cc(Oc2ccc(Cl)cc2Cl)cc([N+](=O)[O-])c1. The quantitative estimate of drug-likeness (QED) is 0.413. The highest BCUT2D eigenvalue weighted by atomic mass is 35.5. The summed E-state index contributed by atoms with van der Waals surface area (Å²) in [4.78, 5) is 32.8. The van der Waals surface area contributed by atoms with Crippen LogP contribution in [0.4, 0.5) is 17.1 Å². The Hall–Kier alpha value is -3.70. The van der Waals surface area contributed by atoms with Gasteiger partial charge in [-0.15, -0.1) is 0 Å². The van der Waals surface area contributed by atoms with Crippen molar-refractivity contribution in [3.8, 4) is 11.5 Å². The zero-order valence-corrected chi connectivity index (χ0v) is 16.3. The van der Waals surface area contributed by atoms with Crippen molar-refractivity contribution in [1.29, 1.82) is 0 Å². The molecule has 1 N–H and O–H groups in total. The summed E-state index contributed by atoms with van der Waals surface area (Å²) in [6, 6.07) is 8.14. The molecule has 0 fully saturated rings. The van der Waals surface area contributed by atoms with Crippen molar-refractivity contribution in [2.45, 2.75) is 6.54 Å². The van der Waals surface area contributed by atoms with E-state index in [1.54, 1.807) is 0 Å². The molecule has 0 saturated heterocycles. The summed E-state index contributed by atoms with van der Waals surface area (Å²) in [5.41, 5.74) is -0.521. The van der Waals surface area contributed by atoms with Crippen molar-refractivity contribution in [3.05, 3.63) is 79.1 Å². The molecule has 3 aromatic rings. The number of nitrogens with zero attached hydrogens (tertiary/aromatic N) is 4. The van der Waals surface area contributed by atoms with Gasteiger partial charge >= 0.3 is 5.69 Å². The van der Waals surface area contributed by atoms with Crippen LogP contribution < -0.4 is 10.1 Å². The zero-order chi connectivity index (χ0) is 21.8. The molecule has 13 heteroatoms. The number of nitrogens with one attached hydrogen (secondary N) is 1. The second-order valence-electron chi connectivity index (χ2n) is 5.85. The highest BCUT2D eigenvalue weighted by Crippen LogP contribution is 2.34. The maximum atomic E-state index is 12.2. The molecule has 1 heterocycles. The monoisotopic (exact) mass is 451 g/mol. The van der Waals surface area contributed by atoms with Crippen molar-refractivity contribution < 1.29 is 19.4 Å². The lowest BCUT2D eigenvalue weighted by atomic mass is 10.2.